The molecule has 0 saturated heterocycles. The van der Waals surface area contributed by atoms with Gasteiger partial charge >= 0.3 is 0 Å². The van der Waals surface area contributed by atoms with Crippen molar-refractivity contribution in [1.29, 1.82) is 5.26 Å². The Morgan fingerprint density at radius 2 is 1.69 bits per heavy atom. The quantitative estimate of drug-likeness (QED) is 0.444. The second kappa shape index (κ2) is 6.93. The molecule has 0 amide bonds. The Hall–Kier alpha value is -2.78. The third-order valence-electron chi connectivity index (χ3n) is 6.97. The molecule has 1 aromatic rings. The van der Waals surface area contributed by atoms with Crippen molar-refractivity contribution in [3.05, 3.63) is 69.2 Å². The van der Waals surface area contributed by atoms with Crippen molar-refractivity contribution < 1.29 is 0 Å². The lowest BCUT2D eigenvalue weighted by Crippen LogP contribution is -2.44. The van der Waals surface area contributed by atoms with Gasteiger partial charge in [-0.25, -0.2) is 10.1 Å². The van der Waals surface area contributed by atoms with Gasteiger partial charge < -0.3 is 4.90 Å². The first-order valence-electron chi connectivity index (χ1n) is 10.6. The summed E-state index contributed by atoms with van der Waals surface area (Å²) in [4.78, 5) is 5.95. The fourth-order valence-electron chi connectivity index (χ4n) is 4.90. The maximum Gasteiger partial charge on any atom is 0.265 e. The highest BCUT2D eigenvalue weighted by molar-refractivity contribution is 5.72. The largest absolute Gasteiger partial charge is 0.371 e. The van der Waals surface area contributed by atoms with Gasteiger partial charge in [0.15, 0.2) is 0 Å². The van der Waals surface area contributed by atoms with Crippen LogP contribution in [-0.2, 0) is 10.8 Å². The molecule has 3 aliphatic rings. The third-order valence-corrected chi connectivity index (χ3v) is 6.97. The molecule has 3 heteroatoms. The topological polar surface area (TPSA) is 31.4 Å². The molecule has 0 aromatic heterocycles. The van der Waals surface area contributed by atoms with Crippen LogP contribution in [0.2, 0.25) is 0 Å². The average molecular weight is 384 g/mol. The van der Waals surface area contributed by atoms with Crippen LogP contribution in [-0.4, -0.2) is 13.1 Å². The number of rotatable bonds is 2. The van der Waals surface area contributed by atoms with E-state index in [1.54, 1.807) is 0 Å². The van der Waals surface area contributed by atoms with Crippen molar-refractivity contribution in [2.24, 2.45) is 0 Å². The highest BCUT2D eigenvalue weighted by atomic mass is 15.2. The zero-order valence-electron chi connectivity index (χ0n) is 18.0. The monoisotopic (exact) mass is 383 g/mol. The molecule has 3 nitrogen and oxygen atoms in total. The molecule has 148 valence electrons. The molecule has 2 heterocycles. The fraction of sp³-hybridized carbons (Fsp3) is 0.462. The van der Waals surface area contributed by atoms with E-state index in [0.29, 0.717) is 0 Å². The third kappa shape index (κ3) is 3.40. The maximum atomic E-state index is 9.10. The van der Waals surface area contributed by atoms with Crippen LogP contribution in [0.15, 0.2) is 41.1 Å². The van der Waals surface area contributed by atoms with E-state index in [1.165, 1.54) is 40.8 Å². The van der Waals surface area contributed by atoms with Crippen LogP contribution in [0.5, 0.6) is 0 Å². The molecule has 0 atom stereocenters. The highest BCUT2D eigenvalue weighted by Crippen LogP contribution is 2.49. The van der Waals surface area contributed by atoms with Gasteiger partial charge in [-0.1, -0.05) is 45.9 Å². The zero-order valence-corrected chi connectivity index (χ0v) is 18.0. The number of benzene rings is 1. The first kappa shape index (κ1) is 19.5. The van der Waals surface area contributed by atoms with Crippen LogP contribution in [0.1, 0.15) is 70.1 Å². The van der Waals surface area contributed by atoms with Gasteiger partial charge in [-0.2, -0.15) is 0 Å². The molecule has 2 aliphatic heterocycles. The van der Waals surface area contributed by atoms with E-state index in [0.717, 1.165) is 31.5 Å². The van der Waals surface area contributed by atoms with Gasteiger partial charge in [-0.05, 0) is 76.5 Å². The molecule has 1 aliphatic carbocycles. The van der Waals surface area contributed by atoms with E-state index < -0.39 is 0 Å². The molecule has 0 unspecified atom stereocenters. The van der Waals surface area contributed by atoms with Gasteiger partial charge in [0, 0.05) is 18.8 Å². The molecule has 0 N–H and O–H groups in total. The van der Waals surface area contributed by atoms with Crippen LogP contribution in [0.3, 0.4) is 0 Å². The van der Waals surface area contributed by atoms with Gasteiger partial charge in [0.1, 0.15) is 0 Å². The van der Waals surface area contributed by atoms with Gasteiger partial charge in [0.05, 0.1) is 12.6 Å². The standard InChI is InChI=1S/C26H29N3/c1-25(2)10-12-29-13-11-26(3,4)22-16-19(15-21(25)24(22)29)7-6-18-8-9-20(14-18)23(17-27)28-5/h6-7,14-16H,8-13H2,1-4H3/b7-6+,23-20+. The minimum Gasteiger partial charge on any atom is -0.371 e. The summed E-state index contributed by atoms with van der Waals surface area (Å²) < 4.78 is 0. The normalized spacial score (nSPS) is 23.2. The Morgan fingerprint density at radius 3 is 2.24 bits per heavy atom. The number of allylic oxidation sites excluding steroid dienone is 5. The van der Waals surface area contributed by atoms with Crippen molar-refractivity contribution in [2.45, 2.75) is 64.2 Å². The predicted molar refractivity (Wildman–Crippen MR) is 120 cm³/mol. The Kier molecular flexibility index (Phi) is 4.66. The van der Waals surface area contributed by atoms with Gasteiger partial charge in [-0.15, -0.1) is 0 Å². The van der Waals surface area contributed by atoms with E-state index >= 15 is 0 Å². The summed E-state index contributed by atoms with van der Waals surface area (Å²) in [7, 11) is 0. The number of nitriles is 1. The zero-order chi connectivity index (χ0) is 20.8. The van der Waals surface area contributed by atoms with Crippen molar-refractivity contribution in [3.63, 3.8) is 0 Å². The lowest BCUT2D eigenvalue weighted by molar-refractivity contribution is 0.401. The maximum absolute atomic E-state index is 9.10. The summed E-state index contributed by atoms with van der Waals surface area (Å²) in [5, 5.41) is 9.10. The molecule has 0 fully saturated rings. The molecule has 1 aromatic carbocycles. The summed E-state index contributed by atoms with van der Waals surface area (Å²) in [6, 6.07) is 6.79. The second-order valence-electron chi connectivity index (χ2n) is 9.87. The predicted octanol–water partition coefficient (Wildman–Crippen LogP) is 6.29. The molecule has 0 bridgehead atoms. The highest BCUT2D eigenvalue weighted by Gasteiger charge is 2.39. The summed E-state index contributed by atoms with van der Waals surface area (Å²) in [5.41, 5.74) is 8.39. The van der Waals surface area contributed by atoms with Crippen LogP contribution >= 0.6 is 0 Å². The summed E-state index contributed by atoms with van der Waals surface area (Å²) in [5.74, 6) is 0. The van der Waals surface area contributed by atoms with E-state index in [4.69, 9.17) is 11.8 Å². The summed E-state index contributed by atoms with van der Waals surface area (Å²) >= 11 is 0. The first-order valence-corrected chi connectivity index (χ1v) is 10.6. The van der Waals surface area contributed by atoms with Crippen molar-refractivity contribution in [3.8, 4) is 6.07 Å². The minimum absolute atomic E-state index is 0.192. The van der Waals surface area contributed by atoms with Crippen molar-refractivity contribution >= 4 is 11.8 Å². The van der Waals surface area contributed by atoms with Crippen LogP contribution in [0, 0.1) is 17.9 Å². The van der Waals surface area contributed by atoms with Crippen LogP contribution < -0.4 is 4.90 Å². The molecule has 29 heavy (non-hydrogen) atoms. The Labute approximate surface area is 174 Å². The van der Waals surface area contributed by atoms with Crippen LogP contribution in [0.25, 0.3) is 10.9 Å². The first-order chi connectivity index (χ1) is 13.7. The summed E-state index contributed by atoms with van der Waals surface area (Å²) in [6.07, 6.45) is 10.5. The van der Waals surface area contributed by atoms with Gasteiger partial charge in [0.25, 0.3) is 5.70 Å². The SMILES string of the molecule is [C-]#[N+]/C(C#N)=C1C=C(/C=C/c2cc3c4c(c2)C(C)(C)CCN4CCC3(C)C)CC/1. The Morgan fingerprint density at radius 1 is 1.07 bits per heavy atom. The Bertz CT molecular complexity index is 978. The lowest BCUT2D eigenvalue weighted by Gasteiger charge is -2.48. The number of anilines is 1. The Balaban J connectivity index is 1.75. The smallest absolute Gasteiger partial charge is 0.265 e. The fourth-order valence-corrected chi connectivity index (χ4v) is 4.90. The van der Waals surface area contributed by atoms with E-state index in [-0.39, 0.29) is 16.5 Å². The van der Waals surface area contributed by atoms with Crippen molar-refractivity contribution in [2.75, 3.05) is 18.0 Å². The van der Waals surface area contributed by atoms with Gasteiger partial charge in [0.2, 0.25) is 0 Å². The van der Waals surface area contributed by atoms with E-state index in [1.807, 2.05) is 12.1 Å². The van der Waals surface area contributed by atoms with Gasteiger partial charge in [-0.3, -0.25) is 0 Å². The number of hydrogen-bond donors (Lipinski definition) is 0. The van der Waals surface area contributed by atoms with Crippen LogP contribution in [0.4, 0.5) is 5.69 Å². The van der Waals surface area contributed by atoms with E-state index in [2.05, 4.69) is 61.7 Å². The van der Waals surface area contributed by atoms with Crippen molar-refractivity contribution in [1.82, 2.24) is 0 Å². The molecular weight excluding hydrogens is 354 g/mol. The number of nitrogens with zero attached hydrogens (tertiary/aromatic N) is 3. The molecule has 0 radical (unpaired) electrons. The average Bonchev–Trinajstić information content (AvgIpc) is 3.15. The molecule has 0 spiro atoms. The number of hydrogen-bond acceptors (Lipinski definition) is 2. The second-order valence-corrected chi connectivity index (χ2v) is 9.87. The summed E-state index contributed by atoms with van der Waals surface area (Å²) in [6.45, 7) is 19.0. The minimum atomic E-state index is 0.192. The molecule has 0 saturated carbocycles. The molecule has 4 rings (SSSR count). The van der Waals surface area contributed by atoms with E-state index in [9.17, 15) is 0 Å². The molecular formula is C26H29N3. The lowest BCUT2D eigenvalue weighted by atomic mass is 9.69.